The molecule has 1 aliphatic carbocycles. The van der Waals surface area contributed by atoms with E-state index >= 15 is 0 Å². The molecule has 0 saturated heterocycles. The van der Waals surface area contributed by atoms with Crippen LogP contribution in [0.25, 0.3) is 0 Å². The van der Waals surface area contributed by atoms with Crippen LogP contribution in [0.2, 0.25) is 4.34 Å². The van der Waals surface area contributed by atoms with Crippen molar-refractivity contribution in [1.82, 2.24) is 0 Å². The summed E-state index contributed by atoms with van der Waals surface area (Å²) in [5, 5.41) is 0. The Labute approximate surface area is 125 Å². The monoisotopic (exact) mass is 340 g/mol. The van der Waals surface area contributed by atoms with Crippen molar-refractivity contribution in [2.75, 3.05) is 0 Å². The van der Waals surface area contributed by atoms with E-state index in [4.69, 9.17) is 11.6 Å². The lowest BCUT2D eigenvalue weighted by Crippen LogP contribution is -1.91. The first kappa shape index (κ1) is 12.7. The number of benzene rings is 1. The predicted molar refractivity (Wildman–Crippen MR) is 83.0 cm³/mol. The highest BCUT2D eigenvalue weighted by Crippen LogP contribution is 2.58. The molecular formula is C15H14BrClS. The highest BCUT2D eigenvalue weighted by molar-refractivity contribution is 9.09. The van der Waals surface area contributed by atoms with E-state index in [-0.39, 0.29) is 0 Å². The second-order valence-corrected chi connectivity index (χ2v) is 7.60. The molecule has 0 amide bonds. The van der Waals surface area contributed by atoms with Gasteiger partial charge in [0.05, 0.1) is 9.16 Å². The number of rotatable bonds is 3. The van der Waals surface area contributed by atoms with Gasteiger partial charge in [-0.25, -0.2) is 0 Å². The molecule has 1 heterocycles. The van der Waals surface area contributed by atoms with Gasteiger partial charge in [0.1, 0.15) is 0 Å². The first-order valence-corrected chi connectivity index (χ1v) is 8.22. The van der Waals surface area contributed by atoms with Crippen LogP contribution in [0.1, 0.15) is 33.2 Å². The maximum absolute atomic E-state index is 6.15. The first-order valence-electron chi connectivity index (χ1n) is 6.11. The summed E-state index contributed by atoms with van der Waals surface area (Å²) >= 11 is 11.7. The van der Waals surface area contributed by atoms with Crippen LogP contribution in [-0.2, 0) is 0 Å². The van der Waals surface area contributed by atoms with Crippen molar-refractivity contribution in [3.63, 3.8) is 0 Å². The summed E-state index contributed by atoms with van der Waals surface area (Å²) in [6, 6.07) is 13.0. The summed E-state index contributed by atoms with van der Waals surface area (Å²) in [5.74, 6) is 1.42. The summed E-state index contributed by atoms with van der Waals surface area (Å²) in [5.41, 5.74) is 2.66. The highest BCUT2D eigenvalue weighted by Gasteiger charge is 2.43. The zero-order valence-corrected chi connectivity index (χ0v) is 13.2. The summed E-state index contributed by atoms with van der Waals surface area (Å²) < 4.78 is 0.923. The van der Waals surface area contributed by atoms with Gasteiger partial charge in [0.2, 0.25) is 0 Å². The third-order valence-corrected chi connectivity index (χ3v) is 6.71. The third-order valence-electron chi connectivity index (χ3n) is 3.59. The minimum atomic E-state index is 0.443. The number of aryl methyl sites for hydroxylation is 1. The van der Waals surface area contributed by atoms with Gasteiger partial charge in [0.15, 0.2) is 0 Å². The van der Waals surface area contributed by atoms with E-state index in [1.54, 1.807) is 11.3 Å². The first-order chi connectivity index (χ1) is 8.66. The van der Waals surface area contributed by atoms with E-state index in [1.165, 1.54) is 22.4 Å². The maximum Gasteiger partial charge on any atom is 0.0960 e. The summed E-state index contributed by atoms with van der Waals surface area (Å²) in [7, 11) is 0. The topological polar surface area (TPSA) is 0 Å². The molecule has 1 aromatic heterocycles. The Hall–Kier alpha value is -0.310. The summed E-state index contributed by atoms with van der Waals surface area (Å²) in [4.78, 5) is 1.81. The van der Waals surface area contributed by atoms with Gasteiger partial charge < -0.3 is 0 Å². The number of hydrogen-bond acceptors (Lipinski definition) is 1. The average Bonchev–Trinajstić information content (AvgIpc) is 3.11. The van der Waals surface area contributed by atoms with Crippen LogP contribution in [0.15, 0.2) is 36.4 Å². The molecule has 3 rings (SSSR count). The summed E-state index contributed by atoms with van der Waals surface area (Å²) in [6.45, 7) is 2.07. The fraction of sp³-hybridized carbons (Fsp3) is 0.333. The normalized spacial score (nSPS) is 23.9. The lowest BCUT2D eigenvalue weighted by atomic mass is 10.1. The lowest BCUT2D eigenvalue weighted by molar-refractivity contribution is 0.797. The minimum absolute atomic E-state index is 0.443. The molecule has 0 bridgehead atoms. The molecule has 1 aliphatic rings. The zero-order chi connectivity index (χ0) is 12.7. The molecule has 0 radical (unpaired) electrons. The fourth-order valence-electron chi connectivity index (χ4n) is 2.45. The Balaban J connectivity index is 1.75. The van der Waals surface area contributed by atoms with Crippen molar-refractivity contribution in [3.8, 4) is 0 Å². The number of alkyl halides is 1. The molecule has 1 fully saturated rings. The Morgan fingerprint density at radius 1 is 1.33 bits per heavy atom. The molecule has 1 aromatic carbocycles. The molecule has 0 spiro atoms. The second-order valence-electron chi connectivity index (χ2n) is 4.92. The van der Waals surface area contributed by atoms with E-state index in [0.29, 0.717) is 16.7 Å². The van der Waals surface area contributed by atoms with Gasteiger partial charge in [0.25, 0.3) is 0 Å². The molecule has 3 unspecified atom stereocenters. The van der Waals surface area contributed by atoms with Gasteiger partial charge in [-0.05, 0) is 42.4 Å². The van der Waals surface area contributed by atoms with Gasteiger partial charge in [-0.1, -0.05) is 57.9 Å². The molecule has 2 aromatic rings. The molecular weight excluding hydrogens is 328 g/mol. The molecule has 3 atom stereocenters. The molecule has 1 saturated carbocycles. The standard InChI is InChI=1S/C15H14BrClS/c1-9-7-13(18-15(9)17)14(16)12-8-11(12)10-5-3-2-4-6-10/h2-7,11-12,14H,8H2,1H3. The van der Waals surface area contributed by atoms with Crippen LogP contribution in [-0.4, -0.2) is 0 Å². The SMILES string of the molecule is Cc1cc(C(Br)C2CC2c2ccccc2)sc1Cl. The quantitative estimate of drug-likeness (QED) is 0.605. The van der Waals surface area contributed by atoms with Gasteiger partial charge in [-0.2, -0.15) is 0 Å². The number of hydrogen-bond donors (Lipinski definition) is 0. The molecule has 18 heavy (non-hydrogen) atoms. The van der Waals surface area contributed by atoms with Crippen molar-refractivity contribution in [2.24, 2.45) is 5.92 Å². The third kappa shape index (κ3) is 2.38. The van der Waals surface area contributed by atoms with Gasteiger partial charge >= 0.3 is 0 Å². The van der Waals surface area contributed by atoms with E-state index < -0.39 is 0 Å². The zero-order valence-electron chi connectivity index (χ0n) is 10.1. The second kappa shape index (κ2) is 4.99. The molecule has 0 aliphatic heterocycles. The van der Waals surface area contributed by atoms with Gasteiger partial charge in [0, 0.05) is 4.88 Å². The van der Waals surface area contributed by atoms with Crippen molar-refractivity contribution >= 4 is 38.9 Å². The van der Waals surface area contributed by atoms with E-state index in [0.717, 1.165) is 4.34 Å². The average molecular weight is 342 g/mol. The van der Waals surface area contributed by atoms with Crippen LogP contribution in [0.3, 0.4) is 0 Å². The Bertz CT molecular complexity index is 529. The van der Waals surface area contributed by atoms with Crippen molar-refractivity contribution in [2.45, 2.75) is 24.1 Å². The van der Waals surface area contributed by atoms with Crippen LogP contribution in [0.5, 0.6) is 0 Å². The summed E-state index contributed by atoms with van der Waals surface area (Å²) in [6.07, 6.45) is 1.27. The largest absolute Gasteiger partial charge is 0.127 e. The molecule has 94 valence electrons. The highest BCUT2D eigenvalue weighted by atomic mass is 79.9. The van der Waals surface area contributed by atoms with Crippen LogP contribution >= 0.6 is 38.9 Å². The van der Waals surface area contributed by atoms with Crippen molar-refractivity contribution in [3.05, 3.63) is 56.7 Å². The minimum Gasteiger partial charge on any atom is -0.127 e. The fourth-order valence-corrected chi connectivity index (χ4v) is 4.72. The van der Waals surface area contributed by atoms with Crippen LogP contribution < -0.4 is 0 Å². The lowest BCUT2D eigenvalue weighted by Gasteiger charge is -2.06. The molecule has 0 nitrogen and oxygen atoms in total. The van der Waals surface area contributed by atoms with Crippen LogP contribution in [0.4, 0.5) is 0 Å². The maximum atomic E-state index is 6.15. The molecule has 3 heteroatoms. The molecule has 0 N–H and O–H groups in total. The Morgan fingerprint density at radius 3 is 2.67 bits per heavy atom. The van der Waals surface area contributed by atoms with Gasteiger partial charge in [-0.3, -0.25) is 0 Å². The van der Waals surface area contributed by atoms with E-state index in [1.807, 2.05) is 0 Å². The Morgan fingerprint density at radius 2 is 2.06 bits per heavy atom. The van der Waals surface area contributed by atoms with Gasteiger partial charge in [-0.15, -0.1) is 11.3 Å². The van der Waals surface area contributed by atoms with E-state index in [9.17, 15) is 0 Å². The van der Waals surface area contributed by atoms with Crippen LogP contribution in [0, 0.1) is 12.8 Å². The predicted octanol–water partition coefficient (Wildman–Crippen LogP) is 5.95. The van der Waals surface area contributed by atoms with E-state index in [2.05, 4.69) is 59.3 Å². The van der Waals surface area contributed by atoms with Crippen molar-refractivity contribution < 1.29 is 0 Å². The Kier molecular flexibility index (Phi) is 3.52. The number of thiophene rings is 1. The van der Waals surface area contributed by atoms with Crippen molar-refractivity contribution in [1.29, 1.82) is 0 Å². The smallest absolute Gasteiger partial charge is 0.0960 e. The number of halogens is 2.